The Labute approximate surface area is 548 Å². The van der Waals surface area contributed by atoms with Crippen molar-refractivity contribution in [1.29, 1.82) is 0 Å². The zero-order valence-electron chi connectivity index (χ0n) is 51.5. The average Bonchev–Trinajstić information content (AvgIpc) is 0.848. The Hall–Kier alpha value is -8.57. The van der Waals surface area contributed by atoms with Crippen LogP contribution in [0.2, 0.25) is 0 Å². The van der Waals surface area contributed by atoms with Gasteiger partial charge in [-0.05, 0) is 118 Å². The Balaban J connectivity index is 0.000000154. The van der Waals surface area contributed by atoms with Crippen LogP contribution in [0.5, 0.6) is 0 Å². The summed E-state index contributed by atoms with van der Waals surface area (Å²) >= 11 is 2.19. The maximum absolute atomic E-state index is 15.4. The number of rotatable bonds is 12. The van der Waals surface area contributed by atoms with Gasteiger partial charge >= 0.3 is 7.12 Å². The third-order valence-electron chi connectivity index (χ3n) is 16.6. The molecule has 2 N–H and O–H groups in total. The van der Waals surface area contributed by atoms with E-state index in [1.165, 1.54) is 24.4 Å². The van der Waals surface area contributed by atoms with Crippen LogP contribution < -0.4 is 25.9 Å². The molecule has 0 amide bonds. The van der Waals surface area contributed by atoms with Gasteiger partial charge in [-0.25, -0.2) is 63.8 Å². The molecule has 0 spiro atoms. The van der Waals surface area contributed by atoms with E-state index in [4.69, 9.17) is 18.8 Å². The van der Waals surface area contributed by atoms with E-state index < -0.39 is 77.2 Å². The molecule has 10 aromatic rings. The summed E-state index contributed by atoms with van der Waals surface area (Å²) in [7, 11) is -0.761. The molecule has 14 nitrogen and oxygen atoms in total. The van der Waals surface area contributed by atoms with Crippen molar-refractivity contribution in [3.05, 3.63) is 195 Å². The highest BCUT2D eigenvalue weighted by Crippen LogP contribution is 2.43. The van der Waals surface area contributed by atoms with E-state index in [0.717, 1.165) is 70.6 Å². The highest BCUT2D eigenvalue weighted by Gasteiger charge is 2.52. The molecule has 0 unspecified atom stereocenters. The second kappa shape index (κ2) is 28.2. The second-order valence-corrected chi connectivity index (χ2v) is 24.3. The molecule has 486 valence electrons. The molecule has 3 aliphatic rings. The normalized spacial score (nSPS) is 15.3. The van der Waals surface area contributed by atoms with Gasteiger partial charge in [0.15, 0.2) is 0 Å². The molecule has 4 aromatic carbocycles. The van der Waals surface area contributed by atoms with E-state index in [-0.39, 0.29) is 33.1 Å². The van der Waals surface area contributed by atoms with Crippen LogP contribution in [0.1, 0.15) is 62.8 Å². The first-order valence-corrected chi connectivity index (χ1v) is 30.8. The number of fused-ring (bicyclic) bond motifs is 2. The number of pyridine rings is 6. The van der Waals surface area contributed by atoms with Crippen LogP contribution >= 0.6 is 22.6 Å². The molecule has 9 heterocycles. The molecule has 26 heteroatoms. The predicted octanol–water partition coefficient (Wildman–Crippen LogP) is 16.1. The standard InChI is InChI=1S/C31H24F5N5O.C24H20F2IN5O.C13H16BF3O2/c1-17-29(24-4-2-3-7-37-24)40-26-14-19(32)13-23(34)28(26)30(17)39-25-15-27(41-8-10-42-11-9-41)38-16-21(25)18-5-6-22(33)20(12-18)31(35)36;1-14-23(18-4-2-3-5-28-18)31-20-11-15(25)10-16(26)22(20)24(14)30-19-12-21(29-13-17(19)27)32-6-8-33-9-7-32;1-12(2)13(3,4)19-14(18-12)8-5-6-10(15)9(7-8)11(16)17/h2-7,12-16,31H,8-11H2,1H3,(H,38,39,40);2-5,10-13H,6-9H2,1H3,(H,29,30,31);5-7,11H,1-4H3. The van der Waals surface area contributed by atoms with Crippen molar-refractivity contribution >= 4 is 91.4 Å². The number of nitrogens with zero attached hydrogens (tertiary/aromatic N) is 8. The largest absolute Gasteiger partial charge is 0.494 e. The van der Waals surface area contributed by atoms with E-state index >= 15 is 8.78 Å². The summed E-state index contributed by atoms with van der Waals surface area (Å²) in [5.74, 6) is -3.53. The summed E-state index contributed by atoms with van der Waals surface area (Å²) in [5.41, 5.74) is 4.14. The fraction of sp³-hybridized carbons (Fsp3) is 0.265. The lowest BCUT2D eigenvalue weighted by molar-refractivity contribution is 0.00578. The Morgan fingerprint density at radius 1 is 0.521 bits per heavy atom. The Morgan fingerprint density at radius 2 is 0.979 bits per heavy atom. The molecule has 3 fully saturated rings. The molecule has 6 aromatic heterocycles. The maximum Gasteiger partial charge on any atom is 0.494 e. The molecule has 0 atom stereocenters. The van der Waals surface area contributed by atoms with Crippen molar-refractivity contribution in [3.8, 4) is 33.9 Å². The van der Waals surface area contributed by atoms with Gasteiger partial charge < -0.3 is 39.2 Å². The summed E-state index contributed by atoms with van der Waals surface area (Å²) in [6, 6.07) is 25.4. The van der Waals surface area contributed by atoms with Gasteiger partial charge in [0.25, 0.3) is 12.9 Å². The van der Waals surface area contributed by atoms with E-state index in [2.05, 4.69) is 68.0 Å². The van der Waals surface area contributed by atoms with Crippen LogP contribution in [0, 0.1) is 52.3 Å². The number of ether oxygens (including phenoxy) is 2. The lowest BCUT2D eigenvalue weighted by Gasteiger charge is -2.32. The van der Waals surface area contributed by atoms with Crippen molar-refractivity contribution in [2.24, 2.45) is 0 Å². The SMILES string of the molecule is CC1(C)OB(c2ccc(F)c(C(F)F)c2)OC1(C)C.Cc1c(-c2ccccn2)nc2cc(F)cc(F)c2c1Nc1cc(N2CCOCC2)ncc1-c1ccc(F)c(C(F)F)c1.Cc1c(-c2ccccn2)nc2cc(F)cc(F)c2c1Nc1cc(N2CCOCC2)ncc1I. The minimum atomic E-state index is -3.03. The van der Waals surface area contributed by atoms with Gasteiger partial charge in [-0.3, -0.25) is 9.97 Å². The first-order valence-electron chi connectivity index (χ1n) is 29.7. The van der Waals surface area contributed by atoms with Crippen LogP contribution in [0.25, 0.3) is 55.7 Å². The second-order valence-electron chi connectivity index (χ2n) is 23.2. The summed E-state index contributed by atoms with van der Waals surface area (Å²) in [6.45, 7) is 16.0. The van der Waals surface area contributed by atoms with Crippen LogP contribution in [-0.4, -0.2) is 101 Å². The number of morpholine rings is 2. The molecule has 13 rings (SSSR count). The predicted molar refractivity (Wildman–Crippen MR) is 350 cm³/mol. The van der Waals surface area contributed by atoms with Crippen LogP contribution in [0.4, 0.5) is 78.3 Å². The maximum atomic E-state index is 15.4. The van der Waals surface area contributed by atoms with E-state index in [1.807, 2.05) is 63.8 Å². The Bertz CT molecular complexity index is 4410. The molecule has 0 saturated carbocycles. The van der Waals surface area contributed by atoms with Gasteiger partial charge in [-0.2, -0.15) is 0 Å². The van der Waals surface area contributed by atoms with Crippen molar-refractivity contribution in [1.82, 2.24) is 29.9 Å². The van der Waals surface area contributed by atoms with E-state index in [1.54, 1.807) is 49.8 Å². The number of halogens is 11. The quantitative estimate of drug-likeness (QED) is 0.0680. The molecule has 3 saturated heterocycles. The van der Waals surface area contributed by atoms with E-state index in [9.17, 15) is 35.1 Å². The Morgan fingerprint density at radius 3 is 1.46 bits per heavy atom. The number of anilines is 6. The van der Waals surface area contributed by atoms with Gasteiger partial charge in [-0.15, -0.1) is 0 Å². The first kappa shape index (κ1) is 66.9. The summed E-state index contributed by atoms with van der Waals surface area (Å²) < 4.78 is 162. The molecule has 0 radical (unpaired) electrons. The van der Waals surface area contributed by atoms with Gasteiger partial charge in [0, 0.05) is 104 Å². The fourth-order valence-electron chi connectivity index (χ4n) is 10.9. The van der Waals surface area contributed by atoms with Crippen molar-refractivity contribution in [2.75, 3.05) is 73.0 Å². The van der Waals surface area contributed by atoms with Gasteiger partial charge in [0.2, 0.25) is 0 Å². The van der Waals surface area contributed by atoms with Crippen LogP contribution in [0.3, 0.4) is 0 Å². The Kier molecular flexibility index (Phi) is 20.0. The molecule has 3 aliphatic heterocycles. The fourth-order valence-corrected chi connectivity index (χ4v) is 11.3. The number of alkyl halides is 4. The first-order chi connectivity index (χ1) is 44.9. The minimum absolute atomic E-state index is 0.0386. The molecular formula is C68H60BF10IN10O4. The van der Waals surface area contributed by atoms with Crippen LogP contribution in [0.15, 0.2) is 134 Å². The van der Waals surface area contributed by atoms with Gasteiger partial charge in [0.05, 0.1) is 120 Å². The summed E-state index contributed by atoms with van der Waals surface area (Å²) in [4.78, 5) is 31.1. The average molecular weight is 1410 g/mol. The molecular weight excluding hydrogens is 1350 g/mol. The zero-order chi connectivity index (χ0) is 66.8. The number of hydrogen-bond acceptors (Lipinski definition) is 14. The lowest BCUT2D eigenvalue weighted by atomic mass is 9.78. The summed E-state index contributed by atoms with van der Waals surface area (Å²) in [5, 5.41) is 6.95. The highest BCUT2D eigenvalue weighted by atomic mass is 127. The molecule has 94 heavy (non-hydrogen) atoms. The number of hydrogen-bond donors (Lipinski definition) is 2. The van der Waals surface area contributed by atoms with Crippen molar-refractivity contribution < 1.29 is 62.7 Å². The van der Waals surface area contributed by atoms with Gasteiger partial charge in [0.1, 0.15) is 46.5 Å². The third kappa shape index (κ3) is 14.4. The topological polar surface area (TPSA) is 145 Å². The highest BCUT2D eigenvalue weighted by molar-refractivity contribution is 14.1. The monoisotopic (exact) mass is 1410 g/mol. The third-order valence-corrected chi connectivity index (χ3v) is 17.4. The number of aromatic nitrogens is 6. The van der Waals surface area contributed by atoms with Crippen molar-refractivity contribution in [3.63, 3.8) is 0 Å². The summed E-state index contributed by atoms with van der Waals surface area (Å²) in [6.07, 6.45) is 0.650. The minimum Gasteiger partial charge on any atom is -0.399 e. The zero-order valence-corrected chi connectivity index (χ0v) is 53.6. The number of nitrogens with one attached hydrogen (secondary N) is 2. The van der Waals surface area contributed by atoms with Crippen LogP contribution in [-0.2, 0) is 18.8 Å². The lowest BCUT2D eigenvalue weighted by Crippen LogP contribution is -2.41. The smallest absolute Gasteiger partial charge is 0.399 e. The van der Waals surface area contributed by atoms with Gasteiger partial charge in [-0.1, -0.05) is 30.3 Å². The molecule has 0 aliphatic carbocycles. The van der Waals surface area contributed by atoms with Crippen molar-refractivity contribution in [2.45, 2.75) is 65.6 Å². The van der Waals surface area contributed by atoms with E-state index in [0.29, 0.717) is 102 Å². The number of benzene rings is 4. The molecule has 0 bridgehead atoms.